The molecule has 0 saturated heterocycles. The lowest BCUT2D eigenvalue weighted by Gasteiger charge is -2.11. The monoisotopic (exact) mass is 262 g/mol. The van der Waals surface area contributed by atoms with Crippen LogP contribution in [0.4, 0.5) is 0 Å². The van der Waals surface area contributed by atoms with E-state index in [-0.39, 0.29) is 6.61 Å². The molecular formula is C15H18O4. The predicted octanol–water partition coefficient (Wildman–Crippen LogP) is 2.83. The second-order valence-electron chi connectivity index (χ2n) is 3.75. The number of aliphatic carboxylic acids is 1. The highest BCUT2D eigenvalue weighted by atomic mass is 16.5. The van der Waals surface area contributed by atoms with Crippen molar-refractivity contribution in [2.75, 3.05) is 13.2 Å². The van der Waals surface area contributed by atoms with Gasteiger partial charge >= 0.3 is 5.97 Å². The summed E-state index contributed by atoms with van der Waals surface area (Å²) in [5.41, 5.74) is 0.963. The minimum Gasteiger partial charge on any atom is -0.494 e. The average molecular weight is 262 g/mol. The molecule has 0 radical (unpaired) electrons. The first-order valence-corrected chi connectivity index (χ1v) is 6.06. The summed E-state index contributed by atoms with van der Waals surface area (Å²) < 4.78 is 10.9. The van der Waals surface area contributed by atoms with Crippen molar-refractivity contribution >= 4 is 5.97 Å². The van der Waals surface area contributed by atoms with E-state index in [0.29, 0.717) is 18.8 Å². The third-order valence-corrected chi connectivity index (χ3v) is 2.30. The van der Waals surface area contributed by atoms with E-state index in [2.05, 4.69) is 6.58 Å². The molecule has 0 amide bonds. The fourth-order valence-corrected chi connectivity index (χ4v) is 1.55. The lowest BCUT2D eigenvalue weighted by Crippen LogP contribution is -2.00. The van der Waals surface area contributed by atoms with Crippen LogP contribution >= 0.6 is 0 Å². The third kappa shape index (κ3) is 5.29. The standard InChI is InChI=1S/C15H18O4/c1-3-6-12-11-13(18-4-2)8-9-14(12)19-10-5-7-15(16)17/h3,5,7-9,11H,1,4,6,10H2,2H3,(H,16,17). The molecule has 0 fully saturated rings. The maximum absolute atomic E-state index is 10.3. The molecule has 0 aliphatic rings. The van der Waals surface area contributed by atoms with Gasteiger partial charge in [-0.1, -0.05) is 6.08 Å². The molecule has 1 aromatic rings. The van der Waals surface area contributed by atoms with E-state index < -0.39 is 5.97 Å². The molecule has 0 aromatic heterocycles. The van der Waals surface area contributed by atoms with Crippen molar-refractivity contribution in [3.63, 3.8) is 0 Å². The summed E-state index contributed by atoms with van der Waals surface area (Å²) in [6.07, 6.45) is 4.96. The van der Waals surface area contributed by atoms with Crippen molar-refractivity contribution in [3.05, 3.63) is 48.6 Å². The minimum atomic E-state index is -0.985. The van der Waals surface area contributed by atoms with E-state index in [4.69, 9.17) is 14.6 Å². The zero-order valence-corrected chi connectivity index (χ0v) is 11.0. The summed E-state index contributed by atoms with van der Waals surface area (Å²) in [7, 11) is 0. The Kier molecular flexibility index (Phi) is 6.22. The Hall–Kier alpha value is -2.23. The summed E-state index contributed by atoms with van der Waals surface area (Å²) >= 11 is 0. The van der Waals surface area contributed by atoms with Gasteiger partial charge in [0.25, 0.3) is 0 Å². The number of rotatable bonds is 8. The van der Waals surface area contributed by atoms with Crippen LogP contribution in [0.3, 0.4) is 0 Å². The Morgan fingerprint density at radius 1 is 1.42 bits per heavy atom. The number of allylic oxidation sites excluding steroid dienone is 1. The zero-order valence-electron chi connectivity index (χ0n) is 11.0. The maximum atomic E-state index is 10.3. The number of carbonyl (C=O) groups is 1. The zero-order chi connectivity index (χ0) is 14.1. The number of ether oxygens (including phenoxy) is 2. The molecule has 4 heteroatoms. The molecule has 1 aromatic carbocycles. The van der Waals surface area contributed by atoms with Gasteiger partial charge in [-0.05, 0) is 37.6 Å². The number of hydrogen-bond acceptors (Lipinski definition) is 3. The molecule has 0 heterocycles. The molecule has 1 N–H and O–H groups in total. The molecule has 0 bridgehead atoms. The average Bonchev–Trinajstić information content (AvgIpc) is 2.37. The largest absolute Gasteiger partial charge is 0.494 e. The van der Waals surface area contributed by atoms with Crippen molar-refractivity contribution < 1.29 is 19.4 Å². The summed E-state index contributed by atoms with van der Waals surface area (Å²) in [5.74, 6) is 0.507. The number of carboxylic acids is 1. The Morgan fingerprint density at radius 3 is 2.84 bits per heavy atom. The van der Waals surface area contributed by atoms with Gasteiger partial charge in [-0.2, -0.15) is 0 Å². The molecule has 0 atom stereocenters. The first kappa shape index (κ1) is 14.8. The summed E-state index contributed by atoms with van der Waals surface area (Å²) in [4.78, 5) is 10.3. The van der Waals surface area contributed by atoms with Crippen LogP contribution in [-0.2, 0) is 11.2 Å². The summed E-state index contributed by atoms with van der Waals surface area (Å²) in [5, 5.41) is 8.47. The van der Waals surface area contributed by atoms with E-state index in [9.17, 15) is 4.79 Å². The second kappa shape index (κ2) is 7.97. The fraction of sp³-hybridized carbons (Fsp3) is 0.267. The van der Waals surface area contributed by atoms with Gasteiger partial charge in [0.1, 0.15) is 18.1 Å². The molecule has 0 aliphatic carbocycles. The molecule has 1 rings (SSSR count). The summed E-state index contributed by atoms with van der Waals surface area (Å²) in [6, 6.07) is 5.55. The Bertz CT molecular complexity index is 463. The van der Waals surface area contributed by atoms with E-state index in [1.54, 1.807) is 6.08 Å². The van der Waals surface area contributed by atoms with Crippen LogP contribution < -0.4 is 9.47 Å². The van der Waals surface area contributed by atoms with Gasteiger partial charge in [0.15, 0.2) is 0 Å². The Morgan fingerprint density at radius 2 is 2.21 bits per heavy atom. The predicted molar refractivity (Wildman–Crippen MR) is 73.8 cm³/mol. The highest BCUT2D eigenvalue weighted by Gasteiger charge is 2.04. The van der Waals surface area contributed by atoms with Gasteiger partial charge in [-0.15, -0.1) is 6.58 Å². The topological polar surface area (TPSA) is 55.8 Å². The van der Waals surface area contributed by atoms with Crippen molar-refractivity contribution in [2.24, 2.45) is 0 Å². The highest BCUT2D eigenvalue weighted by molar-refractivity contribution is 5.79. The third-order valence-electron chi connectivity index (χ3n) is 2.30. The molecule has 0 aliphatic heterocycles. The van der Waals surface area contributed by atoms with Crippen LogP contribution in [-0.4, -0.2) is 24.3 Å². The van der Waals surface area contributed by atoms with Crippen LogP contribution in [0.25, 0.3) is 0 Å². The van der Waals surface area contributed by atoms with Crippen molar-refractivity contribution in [3.8, 4) is 11.5 Å². The van der Waals surface area contributed by atoms with Crippen LogP contribution in [0.15, 0.2) is 43.0 Å². The van der Waals surface area contributed by atoms with Gasteiger partial charge < -0.3 is 14.6 Å². The molecule has 4 nitrogen and oxygen atoms in total. The van der Waals surface area contributed by atoms with Gasteiger partial charge in [0, 0.05) is 11.6 Å². The molecule has 19 heavy (non-hydrogen) atoms. The van der Waals surface area contributed by atoms with Gasteiger partial charge in [0.05, 0.1) is 6.61 Å². The molecule has 0 spiro atoms. The van der Waals surface area contributed by atoms with Crippen LogP contribution in [0.2, 0.25) is 0 Å². The minimum absolute atomic E-state index is 0.213. The molecule has 0 saturated carbocycles. The highest BCUT2D eigenvalue weighted by Crippen LogP contribution is 2.25. The smallest absolute Gasteiger partial charge is 0.328 e. The Balaban J connectivity index is 2.75. The van der Waals surface area contributed by atoms with E-state index in [1.807, 2.05) is 25.1 Å². The first-order chi connectivity index (χ1) is 9.17. The molecule has 0 unspecified atom stereocenters. The van der Waals surface area contributed by atoms with Gasteiger partial charge in [0.2, 0.25) is 0 Å². The lowest BCUT2D eigenvalue weighted by atomic mass is 10.1. The fourth-order valence-electron chi connectivity index (χ4n) is 1.55. The van der Waals surface area contributed by atoms with Gasteiger partial charge in [-0.3, -0.25) is 0 Å². The summed E-state index contributed by atoms with van der Waals surface area (Å²) in [6.45, 7) is 6.45. The van der Waals surface area contributed by atoms with Crippen molar-refractivity contribution in [1.82, 2.24) is 0 Å². The van der Waals surface area contributed by atoms with E-state index in [0.717, 1.165) is 17.4 Å². The first-order valence-electron chi connectivity index (χ1n) is 6.06. The number of hydrogen-bond donors (Lipinski definition) is 1. The van der Waals surface area contributed by atoms with Gasteiger partial charge in [-0.25, -0.2) is 4.79 Å². The van der Waals surface area contributed by atoms with Crippen molar-refractivity contribution in [2.45, 2.75) is 13.3 Å². The van der Waals surface area contributed by atoms with E-state index in [1.165, 1.54) is 6.08 Å². The van der Waals surface area contributed by atoms with Crippen LogP contribution in [0, 0.1) is 0 Å². The molecule has 102 valence electrons. The quantitative estimate of drug-likeness (QED) is 0.578. The van der Waals surface area contributed by atoms with Crippen molar-refractivity contribution in [1.29, 1.82) is 0 Å². The second-order valence-corrected chi connectivity index (χ2v) is 3.75. The normalized spacial score (nSPS) is 10.4. The number of carboxylic acid groups (broad SMARTS) is 1. The maximum Gasteiger partial charge on any atom is 0.328 e. The van der Waals surface area contributed by atoms with Crippen LogP contribution in [0.1, 0.15) is 12.5 Å². The van der Waals surface area contributed by atoms with Crippen LogP contribution in [0.5, 0.6) is 11.5 Å². The lowest BCUT2D eigenvalue weighted by molar-refractivity contribution is -0.131. The molecular weight excluding hydrogens is 244 g/mol. The van der Waals surface area contributed by atoms with E-state index >= 15 is 0 Å². The SMILES string of the molecule is C=CCc1cc(OCC)ccc1OCC=CC(=O)O. The Labute approximate surface area is 113 Å². The number of benzene rings is 1.